The summed E-state index contributed by atoms with van der Waals surface area (Å²) >= 11 is 0. The van der Waals surface area contributed by atoms with E-state index in [2.05, 4.69) is 11.4 Å². The van der Waals surface area contributed by atoms with Crippen molar-refractivity contribution in [3.63, 3.8) is 0 Å². The first-order chi connectivity index (χ1) is 13.8. The van der Waals surface area contributed by atoms with Gasteiger partial charge in [-0.25, -0.2) is 4.79 Å². The van der Waals surface area contributed by atoms with Crippen LogP contribution in [0.25, 0.3) is 6.08 Å². The first kappa shape index (κ1) is 21.2. The number of amides is 2. The third kappa shape index (κ3) is 6.51. The van der Waals surface area contributed by atoms with E-state index in [1.807, 2.05) is 39.0 Å². The molecule has 158 valence electrons. The smallest absolute Gasteiger partial charge is 0.410 e. The normalized spacial score (nSPS) is 19.0. The zero-order valence-corrected chi connectivity index (χ0v) is 17.7. The fourth-order valence-electron chi connectivity index (χ4n) is 3.73. The maximum Gasteiger partial charge on any atom is 0.410 e. The van der Waals surface area contributed by atoms with Crippen LogP contribution in [0.3, 0.4) is 0 Å². The molecule has 0 aliphatic carbocycles. The minimum absolute atomic E-state index is 0.0958. The molecule has 1 aromatic rings. The van der Waals surface area contributed by atoms with Crippen LogP contribution in [0.2, 0.25) is 0 Å². The second kappa shape index (κ2) is 9.33. The van der Waals surface area contributed by atoms with Crippen molar-refractivity contribution in [3.05, 3.63) is 35.4 Å². The van der Waals surface area contributed by atoms with Crippen molar-refractivity contribution in [1.82, 2.24) is 10.2 Å². The molecule has 1 N–H and O–H groups in total. The van der Waals surface area contributed by atoms with E-state index >= 15 is 0 Å². The molecule has 6 heteroatoms. The van der Waals surface area contributed by atoms with Gasteiger partial charge in [-0.05, 0) is 75.3 Å². The second-order valence-electron chi connectivity index (χ2n) is 8.81. The maximum absolute atomic E-state index is 12.2. The molecule has 6 nitrogen and oxygen atoms in total. The number of likely N-dealkylation sites (tertiary alicyclic amines) is 1. The Hall–Kier alpha value is -2.50. The van der Waals surface area contributed by atoms with Crippen LogP contribution in [0.1, 0.15) is 51.2 Å². The van der Waals surface area contributed by atoms with Crippen molar-refractivity contribution in [2.75, 3.05) is 26.2 Å². The third-order valence-electron chi connectivity index (χ3n) is 5.16. The Labute approximate surface area is 173 Å². The van der Waals surface area contributed by atoms with Gasteiger partial charge >= 0.3 is 6.09 Å². The fourth-order valence-corrected chi connectivity index (χ4v) is 3.73. The summed E-state index contributed by atoms with van der Waals surface area (Å²) in [6.07, 6.45) is 6.99. The minimum Gasteiger partial charge on any atom is -0.493 e. The molecule has 29 heavy (non-hydrogen) atoms. The predicted octanol–water partition coefficient (Wildman–Crippen LogP) is 3.79. The number of carbonyl (C=O) groups excluding carboxylic acids is 2. The van der Waals surface area contributed by atoms with Crippen molar-refractivity contribution in [2.45, 2.75) is 52.1 Å². The summed E-state index contributed by atoms with van der Waals surface area (Å²) in [5, 5.41) is 2.95. The minimum atomic E-state index is -0.476. The highest BCUT2D eigenvalue weighted by atomic mass is 16.6. The Morgan fingerprint density at radius 3 is 2.97 bits per heavy atom. The van der Waals surface area contributed by atoms with Crippen LogP contribution in [-0.2, 0) is 16.0 Å². The monoisotopic (exact) mass is 400 g/mol. The second-order valence-corrected chi connectivity index (χ2v) is 8.81. The van der Waals surface area contributed by atoms with E-state index < -0.39 is 5.60 Å². The molecule has 2 aliphatic heterocycles. The van der Waals surface area contributed by atoms with Crippen molar-refractivity contribution < 1.29 is 19.1 Å². The average molecular weight is 401 g/mol. The molecule has 0 spiro atoms. The van der Waals surface area contributed by atoms with Gasteiger partial charge in [0, 0.05) is 32.1 Å². The number of benzene rings is 1. The number of nitrogens with zero attached hydrogens (tertiary/aromatic N) is 1. The average Bonchev–Trinajstić information content (AvgIpc) is 3.13. The van der Waals surface area contributed by atoms with Crippen molar-refractivity contribution in [2.24, 2.45) is 5.92 Å². The number of fused-ring (bicyclic) bond motifs is 1. The molecule has 0 saturated carbocycles. The van der Waals surface area contributed by atoms with E-state index in [-0.39, 0.29) is 12.0 Å². The Bertz CT molecular complexity index is 767. The number of piperidine rings is 1. The lowest BCUT2D eigenvalue weighted by Gasteiger charge is -2.34. The number of hydrogen-bond acceptors (Lipinski definition) is 4. The topological polar surface area (TPSA) is 67.9 Å². The Balaban J connectivity index is 1.40. The number of rotatable bonds is 5. The van der Waals surface area contributed by atoms with Gasteiger partial charge in [0.05, 0.1) is 6.61 Å². The SMILES string of the molecule is CC(C)(C)OC(=O)N1CCCC(CCNC(=O)C=Cc2ccc3c(c2)CCO3)C1. The van der Waals surface area contributed by atoms with E-state index in [1.54, 1.807) is 11.0 Å². The number of carbonyl (C=O) groups is 2. The summed E-state index contributed by atoms with van der Waals surface area (Å²) < 4.78 is 11.0. The van der Waals surface area contributed by atoms with Gasteiger partial charge in [0.2, 0.25) is 5.91 Å². The summed E-state index contributed by atoms with van der Waals surface area (Å²) in [4.78, 5) is 26.2. The molecular formula is C23H32N2O4. The zero-order chi connectivity index (χ0) is 20.9. The van der Waals surface area contributed by atoms with E-state index in [0.29, 0.717) is 19.0 Å². The predicted molar refractivity (Wildman–Crippen MR) is 113 cm³/mol. The maximum atomic E-state index is 12.2. The summed E-state index contributed by atoms with van der Waals surface area (Å²) in [5.41, 5.74) is 1.72. The molecule has 2 heterocycles. The van der Waals surface area contributed by atoms with Crippen LogP contribution in [0.4, 0.5) is 4.79 Å². The van der Waals surface area contributed by atoms with Gasteiger partial charge in [-0.3, -0.25) is 4.79 Å². The molecule has 0 aromatic heterocycles. The van der Waals surface area contributed by atoms with Gasteiger partial charge < -0.3 is 19.7 Å². The number of nitrogens with one attached hydrogen (secondary N) is 1. The fraction of sp³-hybridized carbons (Fsp3) is 0.565. The molecule has 1 unspecified atom stereocenters. The zero-order valence-electron chi connectivity index (χ0n) is 17.7. The molecule has 0 bridgehead atoms. The van der Waals surface area contributed by atoms with Crippen molar-refractivity contribution >= 4 is 18.1 Å². The molecule has 2 aliphatic rings. The largest absolute Gasteiger partial charge is 0.493 e. The summed E-state index contributed by atoms with van der Waals surface area (Å²) in [5.74, 6) is 1.23. The summed E-state index contributed by atoms with van der Waals surface area (Å²) in [7, 11) is 0. The molecule has 2 amide bonds. The summed E-state index contributed by atoms with van der Waals surface area (Å²) in [6.45, 7) is 8.41. The van der Waals surface area contributed by atoms with E-state index in [1.165, 1.54) is 5.56 Å². The van der Waals surface area contributed by atoms with Gasteiger partial charge in [-0.2, -0.15) is 0 Å². The van der Waals surface area contributed by atoms with Crippen LogP contribution >= 0.6 is 0 Å². The van der Waals surface area contributed by atoms with Crippen LogP contribution in [0.15, 0.2) is 24.3 Å². The van der Waals surface area contributed by atoms with Gasteiger partial charge in [-0.15, -0.1) is 0 Å². The quantitative estimate of drug-likeness (QED) is 0.764. The van der Waals surface area contributed by atoms with Gasteiger partial charge in [0.25, 0.3) is 0 Å². The van der Waals surface area contributed by atoms with E-state index in [4.69, 9.17) is 9.47 Å². The van der Waals surface area contributed by atoms with Gasteiger partial charge in [-0.1, -0.05) is 6.07 Å². The standard InChI is InChI=1S/C23H32N2O4/c1-23(2,3)29-22(27)25-13-4-5-18(16-25)10-12-24-21(26)9-7-17-6-8-20-19(15-17)11-14-28-20/h6-9,15,18H,4-5,10-14,16H2,1-3H3,(H,24,26). The first-order valence-electron chi connectivity index (χ1n) is 10.5. The van der Waals surface area contributed by atoms with Crippen LogP contribution in [0.5, 0.6) is 5.75 Å². The van der Waals surface area contributed by atoms with Crippen molar-refractivity contribution in [3.8, 4) is 5.75 Å². The molecule has 1 aromatic carbocycles. The van der Waals surface area contributed by atoms with E-state index in [9.17, 15) is 9.59 Å². The van der Waals surface area contributed by atoms with Gasteiger partial charge in [0.1, 0.15) is 11.4 Å². The highest BCUT2D eigenvalue weighted by Gasteiger charge is 2.27. The molecule has 1 fully saturated rings. The molecule has 3 rings (SSSR count). The van der Waals surface area contributed by atoms with E-state index in [0.717, 1.165) is 50.1 Å². The van der Waals surface area contributed by atoms with Crippen LogP contribution in [0, 0.1) is 5.92 Å². The Morgan fingerprint density at radius 1 is 1.34 bits per heavy atom. The third-order valence-corrected chi connectivity index (χ3v) is 5.16. The molecular weight excluding hydrogens is 368 g/mol. The lowest BCUT2D eigenvalue weighted by molar-refractivity contribution is -0.116. The lowest BCUT2D eigenvalue weighted by Crippen LogP contribution is -2.43. The number of ether oxygens (including phenoxy) is 2. The lowest BCUT2D eigenvalue weighted by atomic mass is 9.95. The highest BCUT2D eigenvalue weighted by Crippen LogP contribution is 2.26. The van der Waals surface area contributed by atoms with Crippen molar-refractivity contribution in [1.29, 1.82) is 0 Å². The molecule has 0 radical (unpaired) electrons. The van der Waals surface area contributed by atoms with Crippen LogP contribution in [-0.4, -0.2) is 48.7 Å². The number of hydrogen-bond donors (Lipinski definition) is 1. The summed E-state index contributed by atoms with van der Waals surface area (Å²) in [6, 6.07) is 5.99. The van der Waals surface area contributed by atoms with Crippen LogP contribution < -0.4 is 10.1 Å². The van der Waals surface area contributed by atoms with Gasteiger partial charge in [0.15, 0.2) is 0 Å². The Kier molecular flexibility index (Phi) is 6.83. The highest BCUT2D eigenvalue weighted by molar-refractivity contribution is 5.91. The molecule has 1 saturated heterocycles. The molecule has 1 atom stereocenters. The Morgan fingerprint density at radius 2 is 2.17 bits per heavy atom. The first-order valence-corrected chi connectivity index (χ1v) is 10.5.